The molecule has 1 aromatic heterocycles. The summed E-state index contributed by atoms with van der Waals surface area (Å²) in [6, 6.07) is 25.6. The lowest BCUT2D eigenvalue weighted by Crippen LogP contribution is -2.19. The van der Waals surface area contributed by atoms with Gasteiger partial charge in [-0.2, -0.15) is 0 Å². The van der Waals surface area contributed by atoms with E-state index in [0.717, 1.165) is 28.1 Å². The van der Waals surface area contributed by atoms with Gasteiger partial charge in [-0.15, -0.1) is 10.2 Å². The first kappa shape index (κ1) is 19.9. The fraction of sp³-hybridized carbons (Fsp3) is 0.125. The maximum Gasteiger partial charge on any atom is 0.242 e. The Morgan fingerprint density at radius 1 is 0.933 bits per heavy atom. The first-order valence-electron chi connectivity index (χ1n) is 9.66. The number of anilines is 1. The average molecular weight is 415 g/mol. The number of rotatable bonds is 6. The topological polar surface area (TPSA) is 59.8 Å². The average Bonchev–Trinajstić information content (AvgIpc) is 3.21. The molecule has 0 saturated heterocycles. The standard InChI is InChI=1S/C24H22N4OS/c1-17-13-18(2)15-20(14-17)26-23(29)22(19-9-5-3-6-10-19)30-24-27-25-16-28(24)21-11-7-4-8-12-21/h3-16,22H,1-2H3,(H,26,29). The fourth-order valence-corrected chi connectivity index (χ4v) is 4.36. The van der Waals surface area contributed by atoms with E-state index in [1.807, 2.05) is 91.2 Å². The van der Waals surface area contributed by atoms with Crippen molar-refractivity contribution in [1.29, 1.82) is 0 Å². The van der Waals surface area contributed by atoms with Crippen molar-refractivity contribution >= 4 is 23.4 Å². The van der Waals surface area contributed by atoms with Gasteiger partial charge in [0.05, 0.1) is 0 Å². The summed E-state index contributed by atoms with van der Waals surface area (Å²) in [5, 5.41) is 11.6. The largest absolute Gasteiger partial charge is 0.325 e. The minimum absolute atomic E-state index is 0.0983. The van der Waals surface area contributed by atoms with Gasteiger partial charge in [-0.1, -0.05) is 66.4 Å². The number of aromatic nitrogens is 3. The van der Waals surface area contributed by atoms with Crippen molar-refractivity contribution in [1.82, 2.24) is 14.8 Å². The van der Waals surface area contributed by atoms with Gasteiger partial charge in [0, 0.05) is 11.4 Å². The predicted octanol–water partition coefficient (Wildman–Crippen LogP) is 5.36. The number of aryl methyl sites for hydroxylation is 2. The van der Waals surface area contributed by atoms with Gasteiger partial charge < -0.3 is 5.32 Å². The Morgan fingerprint density at radius 2 is 1.57 bits per heavy atom. The molecule has 30 heavy (non-hydrogen) atoms. The molecule has 0 radical (unpaired) electrons. The van der Waals surface area contributed by atoms with Crippen molar-refractivity contribution in [3.8, 4) is 5.69 Å². The highest BCUT2D eigenvalue weighted by Crippen LogP contribution is 2.36. The van der Waals surface area contributed by atoms with E-state index in [9.17, 15) is 4.79 Å². The quantitative estimate of drug-likeness (QED) is 0.432. The maximum atomic E-state index is 13.3. The van der Waals surface area contributed by atoms with Gasteiger partial charge in [0.1, 0.15) is 11.6 Å². The number of nitrogens with one attached hydrogen (secondary N) is 1. The summed E-state index contributed by atoms with van der Waals surface area (Å²) < 4.78 is 1.89. The lowest BCUT2D eigenvalue weighted by atomic mass is 10.1. The molecule has 0 aliphatic rings. The molecule has 1 N–H and O–H groups in total. The molecule has 4 aromatic rings. The Hall–Kier alpha value is -3.38. The number of carbonyl (C=O) groups is 1. The van der Waals surface area contributed by atoms with Crippen LogP contribution >= 0.6 is 11.8 Å². The van der Waals surface area contributed by atoms with Crippen LogP contribution in [0.1, 0.15) is 21.9 Å². The summed E-state index contributed by atoms with van der Waals surface area (Å²) in [4.78, 5) is 13.3. The molecule has 1 unspecified atom stereocenters. The number of hydrogen-bond donors (Lipinski definition) is 1. The molecule has 0 bridgehead atoms. The summed E-state index contributed by atoms with van der Waals surface area (Å²) in [5.41, 5.74) is 4.87. The van der Waals surface area contributed by atoms with Gasteiger partial charge in [0.25, 0.3) is 0 Å². The van der Waals surface area contributed by atoms with Crippen molar-refractivity contribution < 1.29 is 4.79 Å². The minimum atomic E-state index is -0.473. The highest BCUT2D eigenvalue weighted by atomic mass is 32.2. The van der Waals surface area contributed by atoms with Crippen LogP contribution in [-0.4, -0.2) is 20.7 Å². The molecule has 1 heterocycles. The Kier molecular flexibility index (Phi) is 5.95. The van der Waals surface area contributed by atoms with Crippen LogP contribution in [0, 0.1) is 13.8 Å². The molecule has 0 saturated carbocycles. The molecule has 1 amide bonds. The number of carbonyl (C=O) groups excluding carboxylic acids is 1. The Bertz CT molecular complexity index is 1120. The molecule has 0 aliphatic carbocycles. The highest BCUT2D eigenvalue weighted by molar-refractivity contribution is 8.00. The van der Waals surface area contributed by atoms with Crippen LogP contribution in [0.3, 0.4) is 0 Å². The monoisotopic (exact) mass is 414 g/mol. The fourth-order valence-electron chi connectivity index (χ4n) is 3.33. The van der Waals surface area contributed by atoms with Gasteiger partial charge in [0.15, 0.2) is 5.16 Å². The lowest BCUT2D eigenvalue weighted by Gasteiger charge is -2.17. The zero-order valence-corrected chi connectivity index (χ0v) is 17.6. The van der Waals surface area contributed by atoms with Crippen molar-refractivity contribution in [3.05, 3.63) is 102 Å². The molecule has 0 aliphatic heterocycles. The van der Waals surface area contributed by atoms with E-state index in [2.05, 4.69) is 21.6 Å². The zero-order chi connectivity index (χ0) is 20.9. The van der Waals surface area contributed by atoms with Crippen molar-refractivity contribution in [2.45, 2.75) is 24.3 Å². The molecule has 6 heteroatoms. The Labute approximate surface area is 180 Å². The summed E-state index contributed by atoms with van der Waals surface area (Å²) in [6.45, 7) is 4.04. The summed E-state index contributed by atoms with van der Waals surface area (Å²) in [5.74, 6) is -0.0983. The molecule has 0 fully saturated rings. The predicted molar refractivity (Wildman–Crippen MR) is 121 cm³/mol. The van der Waals surface area contributed by atoms with Gasteiger partial charge in [-0.25, -0.2) is 0 Å². The van der Waals surface area contributed by atoms with Gasteiger partial charge in [-0.3, -0.25) is 9.36 Å². The van der Waals surface area contributed by atoms with E-state index < -0.39 is 5.25 Å². The van der Waals surface area contributed by atoms with Crippen LogP contribution in [0.2, 0.25) is 0 Å². The van der Waals surface area contributed by atoms with E-state index in [0.29, 0.717) is 5.16 Å². The number of amides is 1. The second-order valence-electron chi connectivity index (χ2n) is 7.09. The number of thioether (sulfide) groups is 1. The number of benzene rings is 3. The van der Waals surface area contributed by atoms with E-state index in [1.54, 1.807) is 6.33 Å². The van der Waals surface area contributed by atoms with E-state index in [4.69, 9.17) is 0 Å². The third-order valence-electron chi connectivity index (χ3n) is 4.60. The highest BCUT2D eigenvalue weighted by Gasteiger charge is 2.25. The van der Waals surface area contributed by atoms with Crippen LogP contribution in [0.5, 0.6) is 0 Å². The molecule has 4 rings (SSSR count). The second kappa shape index (κ2) is 8.97. The number of nitrogens with zero attached hydrogens (tertiary/aromatic N) is 3. The third-order valence-corrected chi connectivity index (χ3v) is 5.81. The summed E-state index contributed by atoms with van der Waals surface area (Å²) >= 11 is 1.38. The smallest absolute Gasteiger partial charge is 0.242 e. The number of para-hydroxylation sites is 1. The molecular formula is C24H22N4OS. The van der Waals surface area contributed by atoms with Gasteiger partial charge in [0.2, 0.25) is 5.91 Å². The first-order valence-corrected chi connectivity index (χ1v) is 10.5. The summed E-state index contributed by atoms with van der Waals surface area (Å²) in [7, 11) is 0. The van der Waals surface area contributed by atoms with Gasteiger partial charge >= 0.3 is 0 Å². The van der Waals surface area contributed by atoms with Crippen LogP contribution in [0.15, 0.2) is 90.3 Å². The van der Waals surface area contributed by atoms with E-state index in [1.165, 1.54) is 11.8 Å². The Morgan fingerprint density at radius 3 is 2.23 bits per heavy atom. The zero-order valence-electron chi connectivity index (χ0n) is 16.8. The van der Waals surface area contributed by atoms with Crippen molar-refractivity contribution in [2.75, 3.05) is 5.32 Å². The minimum Gasteiger partial charge on any atom is -0.325 e. The summed E-state index contributed by atoms with van der Waals surface area (Å²) in [6.07, 6.45) is 1.67. The maximum absolute atomic E-state index is 13.3. The number of hydrogen-bond acceptors (Lipinski definition) is 4. The Balaban J connectivity index is 1.65. The molecule has 1 atom stereocenters. The second-order valence-corrected chi connectivity index (χ2v) is 8.17. The van der Waals surface area contributed by atoms with Crippen LogP contribution in [0.4, 0.5) is 5.69 Å². The molecule has 0 spiro atoms. The molecule has 150 valence electrons. The van der Waals surface area contributed by atoms with Crippen LogP contribution in [0.25, 0.3) is 5.69 Å². The first-order chi connectivity index (χ1) is 14.6. The van der Waals surface area contributed by atoms with Crippen LogP contribution in [-0.2, 0) is 4.79 Å². The lowest BCUT2D eigenvalue weighted by molar-refractivity contribution is -0.115. The molecule has 3 aromatic carbocycles. The van der Waals surface area contributed by atoms with E-state index >= 15 is 0 Å². The van der Waals surface area contributed by atoms with Crippen molar-refractivity contribution in [3.63, 3.8) is 0 Å². The molecule has 5 nitrogen and oxygen atoms in total. The normalized spacial score (nSPS) is 11.8. The molecular weight excluding hydrogens is 392 g/mol. The van der Waals surface area contributed by atoms with Crippen LogP contribution < -0.4 is 5.32 Å². The SMILES string of the molecule is Cc1cc(C)cc(NC(=O)C(Sc2nncn2-c2ccccc2)c2ccccc2)c1. The van der Waals surface area contributed by atoms with Crippen molar-refractivity contribution in [2.24, 2.45) is 0 Å². The van der Waals surface area contributed by atoms with Gasteiger partial charge in [-0.05, 0) is 54.8 Å². The third kappa shape index (κ3) is 4.60. The van der Waals surface area contributed by atoms with E-state index in [-0.39, 0.29) is 5.91 Å².